The van der Waals surface area contributed by atoms with Crippen LogP contribution in [0.3, 0.4) is 0 Å². The van der Waals surface area contributed by atoms with Crippen molar-refractivity contribution in [2.24, 2.45) is 0 Å². The van der Waals surface area contributed by atoms with E-state index >= 15 is 0 Å². The third-order valence-corrected chi connectivity index (χ3v) is 3.36. The topological polar surface area (TPSA) is 23.5 Å². The molecule has 2 fully saturated rings. The standard InChI is InChI=1S/C10H19NO/c1-11-7-3-2-4-9(11)8-10(12)5-6-10/h9,12H,2-8H2,1H3. The van der Waals surface area contributed by atoms with Gasteiger partial charge in [-0.25, -0.2) is 0 Å². The summed E-state index contributed by atoms with van der Waals surface area (Å²) in [6.45, 7) is 1.22. The van der Waals surface area contributed by atoms with Gasteiger partial charge < -0.3 is 10.0 Å². The van der Waals surface area contributed by atoms with Crippen LogP contribution in [0.15, 0.2) is 0 Å². The first-order valence-electron chi connectivity index (χ1n) is 5.12. The largest absolute Gasteiger partial charge is 0.390 e. The zero-order chi connectivity index (χ0) is 8.60. The Bertz CT molecular complexity index is 165. The molecule has 2 heteroatoms. The van der Waals surface area contributed by atoms with Crippen LogP contribution in [0, 0.1) is 0 Å². The maximum Gasteiger partial charge on any atom is 0.0664 e. The Kier molecular flexibility index (Phi) is 2.13. The van der Waals surface area contributed by atoms with Crippen LogP contribution in [0.1, 0.15) is 38.5 Å². The summed E-state index contributed by atoms with van der Waals surface area (Å²) in [5.74, 6) is 0. The minimum absolute atomic E-state index is 0.254. The molecule has 0 aromatic heterocycles. The number of nitrogens with zero attached hydrogens (tertiary/aromatic N) is 1. The molecule has 0 aromatic rings. The van der Waals surface area contributed by atoms with E-state index in [1.165, 1.54) is 25.8 Å². The zero-order valence-corrected chi connectivity index (χ0v) is 7.92. The summed E-state index contributed by atoms with van der Waals surface area (Å²) < 4.78 is 0. The molecule has 1 saturated carbocycles. The quantitative estimate of drug-likeness (QED) is 0.675. The van der Waals surface area contributed by atoms with Crippen LogP contribution in [0.25, 0.3) is 0 Å². The smallest absolute Gasteiger partial charge is 0.0664 e. The number of likely N-dealkylation sites (tertiary alicyclic amines) is 1. The highest BCUT2D eigenvalue weighted by Crippen LogP contribution is 2.41. The van der Waals surface area contributed by atoms with Crippen molar-refractivity contribution in [3.8, 4) is 0 Å². The van der Waals surface area contributed by atoms with Crippen molar-refractivity contribution in [1.82, 2.24) is 4.90 Å². The summed E-state index contributed by atoms with van der Waals surface area (Å²) in [5.41, 5.74) is -0.254. The number of hydrogen-bond donors (Lipinski definition) is 1. The number of piperidine rings is 1. The van der Waals surface area contributed by atoms with E-state index in [-0.39, 0.29) is 5.60 Å². The van der Waals surface area contributed by atoms with Crippen LogP contribution < -0.4 is 0 Å². The van der Waals surface area contributed by atoms with E-state index in [1.54, 1.807) is 0 Å². The molecule has 0 radical (unpaired) electrons. The second-order valence-corrected chi connectivity index (χ2v) is 4.56. The number of rotatable bonds is 2. The van der Waals surface area contributed by atoms with Crippen LogP contribution in [0.5, 0.6) is 0 Å². The van der Waals surface area contributed by atoms with Gasteiger partial charge >= 0.3 is 0 Å². The zero-order valence-electron chi connectivity index (χ0n) is 7.92. The van der Waals surface area contributed by atoms with Gasteiger partial charge in [-0.05, 0) is 45.7 Å². The van der Waals surface area contributed by atoms with E-state index in [1.807, 2.05) is 0 Å². The van der Waals surface area contributed by atoms with E-state index in [0.717, 1.165) is 19.3 Å². The normalized spacial score (nSPS) is 35.0. The Morgan fingerprint density at radius 3 is 2.75 bits per heavy atom. The van der Waals surface area contributed by atoms with Crippen molar-refractivity contribution in [2.75, 3.05) is 13.6 Å². The molecule has 1 unspecified atom stereocenters. The van der Waals surface area contributed by atoms with E-state index in [4.69, 9.17) is 0 Å². The predicted octanol–water partition coefficient (Wildman–Crippen LogP) is 1.39. The Morgan fingerprint density at radius 2 is 2.17 bits per heavy atom. The van der Waals surface area contributed by atoms with E-state index in [0.29, 0.717) is 6.04 Å². The number of hydrogen-bond acceptors (Lipinski definition) is 2. The molecule has 2 aliphatic rings. The maximum atomic E-state index is 9.77. The van der Waals surface area contributed by atoms with Gasteiger partial charge in [0.2, 0.25) is 0 Å². The van der Waals surface area contributed by atoms with Gasteiger partial charge in [0.1, 0.15) is 0 Å². The summed E-state index contributed by atoms with van der Waals surface area (Å²) in [4.78, 5) is 2.42. The molecular weight excluding hydrogens is 150 g/mol. The first-order chi connectivity index (χ1) is 5.70. The minimum Gasteiger partial charge on any atom is -0.390 e. The number of aliphatic hydroxyl groups is 1. The van der Waals surface area contributed by atoms with Crippen molar-refractivity contribution >= 4 is 0 Å². The molecule has 0 bridgehead atoms. The van der Waals surface area contributed by atoms with Gasteiger partial charge in [-0.2, -0.15) is 0 Å². The van der Waals surface area contributed by atoms with Crippen LogP contribution in [0.4, 0.5) is 0 Å². The Balaban J connectivity index is 1.84. The fourth-order valence-electron chi connectivity index (χ4n) is 2.19. The molecule has 1 aliphatic heterocycles. The van der Waals surface area contributed by atoms with Crippen LogP contribution in [0.2, 0.25) is 0 Å². The van der Waals surface area contributed by atoms with Crippen molar-refractivity contribution in [2.45, 2.75) is 50.2 Å². The lowest BCUT2D eigenvalue weighted by molar-refractivity contribution is 0.0777. The summed E-state index contributed by atoms with van der Waals surface area (Å²) in [5, 5.41) is 9.77. The van der Waals surface area contributed by atoms with Crippen LogP contribution in [-0.2, 0) is 0 Å². The molecule has 0 amide bonds. The maximum absolute atomic E-state index is 9.77. The second kappa shape index (κ2) is 3.00. The van der Waals surface area contributed by atoms with Crippen molar-refractivity contribution in [3.63, 3.8) is 0 Å². The van der Waals surface area contributed by atoms with Crippen molar-refractivity contribution in [3.05, 3.63) is 0 Å². The lowest BCUT2D eigenvalue weighted by Gasteiger charge is -2.33. The Labute approximate surface area is 74.6 Å². The average molecular weight is 169 g/mol. The molecule has 2 nitrogen and oxygen atoms in total. The molecule has 1 atom stereocenters. The molecule has 0 aromatic carbocycles. The van der Waals surface area contributed by atoms with Crippen molar-refractivity contribution in [1.29, 1.82) is 0 Å². The van der Waals surface area contributed by atoms with Gasteiger partial charge in [0.25, 0.3) is 0 Å². The third kappa shape index (κ3) is 1.80. The SMILES string of the molecule is CN1CCCCC1CC1(O)CC1. The van der Waals surface area contributed by atoms with Gasteiger partial charge in [0, 0.05) is 6.04 Å². The molecule has 12 heavy (non-hydrogen) atoms. The molecule has 70 valence electrons. The monoisotopic (exact) mass is 169 g/mol. The first-order valence-corrected chi connectivity index (χ1v) is 5.12. The Hall–Kier alpha value is -0.0800. The van der Waals surface area contributed by atoms with Crippen LogP contribution in [-0.4, -0.2) is 35.2 Å². The highest BCUT2D eigenvalue weighted by Gasteiger charge is 2.42. The first kappa shape index (κ1) is 8.52. The van der Waals surface area contributed by atoms with Gasteiger partial charge in [-0.15, -0.1) is 0 Å². The summed E-state index contributed by atoms with van der Waals surface area (Å²) in [6.07, 6.45) is 7.08. The average Bonchev–Trinajstić information content (AvgIpc) is 2.74. The fraction of sp³-hybridized carbons (Fsp3) is 1.00. The lowest BCUT2D eigenvalue weighted by Crippen LogP contribution is -2.39. The molecule has 1 saturated heterocycles. The lowest BCUT2D eigenvalue weighted by atomic mass is 9.97. The third-order valence-electron chi connectivity index (χ3n) is 3.36. The molecule has 2 rings (SSSR count). The summed E-state index contributed by atoms with van der Waals surface area (Å²) in [7, 11) is 2.19. The van der Waals surface area contributed by atoms with Gasteiger partial charge in [0.15, 0.2) is 0 Å². The van der Waals surface area contributed by atoms with E-state index < -0.39 is 0 Å². The van der Waals surface area contributed by atoms with Gasteiger partial charge in [0.05, 0.1) is 5.60 Å². The molecule has 1 aliphatic carbocycles. The summed E-state index contributed by atoms with van der Waals surface area (Å²) in [6, 6.07) is 0.659. The van der Waals surface area contributed by atoms with Gasteiger partial charge in [-0.1, -0.05) is 6.42 Å². The molecule has 0 spiro atoms. The molecule has 1 N–H and O–H groups in total. The molecule has 1 heterocycles. The van der Waals surface area contributed by atoms with Crippen LogP contribution >= 0.6 is 0 Å². The Morgan fingerprint density at radius 1 is 1.42 bits per heavy atom. The highest BCUT2D eigenvalue weighted by molar-refractivity contribution is 4.97. The van der Waals surface area contributed by atoms with E-state index in [2.05, 4.69) is 11.9 Å². The fourth-order valence-corrected chi connectivity index (χ4v) is 2.19. The predicted molar refractivity (Wildman–Crippen MR) is 49.1 cm³/mol. The summed E-state index contributed by atoms with van der Waals surface area (Å²) >= 11 is 0. The molecular formula is C10H19NO. The minimum atomic E-state index is -0.254. The van der Waals surface area contributed by atoms with E-state index in [9.17, 15) is 5.11 Å². The van der Waals surface area contributed by atoms with Crippen molar-refractivity contribution < 1.29 is 5.11 Å². The van der Waals surface area contributed by atoms with Gasteiger partial charge in [-0.3, -0.25) is 0 Å². The highest BCUT2D eigenvalue weighted by atomic mass is 16.3. The second-order valence-electron chi connectivity index (χ2n) is 4.56.